The first kappa shape index (κ1) is 28.4. The normalized spacial score (nSPS) is 14.1. The Kier molecular flexibility index (Phi) is 7.88. The fourth-order valence-electron chi connectivity index (χ4n) is 5.43. The zero-order chi connectivity index (χ0) is 30.1. The van der Waals surface area contributed by atoms with E-state index in [4.69, 9.17) is 11.6 Å². The van der Waals surface area contributed by atoms with Crippen LogP contribution in [0, 0.1) is 0 Å². The smallest absolute Gasteiger partial charge is 0.259 e. The lowest BCUT2D eigenvalue weighted by molar-refractivity contribution is -0.114. The lowest BCUT2D eigenvalue weighted by Crippen LogP contribution is -2.29. The average molecular weight is 595 g/mol. The minimum atomic E-state index is -0.258. The second-order valence-electron chi connectivity index (χ2n) is 10.9. The Morgan fingerprint density at radius 1 is 0.953 bits per heavy atom. The number of nitrogens with zero attached hydrogens (tertiary/aromatic N) is 6. The predicted molar refractivity (Wildman–Crippen MR) is 170 cm³/mol. The molecule has 1 fully saturated rings. The molecule has 2 N–H and O–H groups in total. The molecule has 2 aromatic carbocycles. The first-order chi connectivity index (χ1) is 20.7. The number of benzene rings is 2. The highest BCUT2D eigenvalue weighted by molar-refractivity contribution is 6.33. The summed E-state index contributed by atoms with van der Waals surface area (Å²) in [7, 11) is 3.85. The largest absolute Gasteiger partial charge is 0.324 e. The van der Waals surface area contributed by atoms with Gasteiger partial charge in [0.15, 0.2) is 5.82 Å². The molecule has 218 valence electrons. The van der Waals surface area contributed by atoms with Crippen molar-refractivity contribution in [2.45, 2.75) is 25.7 Å². The maximum absolute atomic E-state index is 13.6. The highest BCUT2D eigenvalue weighted by atomic mass is 35.5. The molecule has 43 heavy (non-hydrogen) atoms. The van der Waals surface area contributed by atoms with Crippen molar-refractivity contribution in [1.29, 1.82) is 0 Å². The van der Waals surface area contributed by atoms with Crippen LogP contribution in [0.2, 0.25) is 5.02 Å². The van der Waals surface area contributed by atoms with Crippen LogP contribution in [0.4, 0.5) is 17.5 Å². The van der Waals surface area contributed by atoms with E-state index >= 15 is 0 Å². The summed E-state index contributed by atoms with van der Waals surface area (Å²) >= 11 is 6.59. The number of carbonyl (C=O) groups is 1. The van der Waals surface area contributed by atoms with Gasteiger partial charge in [-0.05, 0) is 86.9 Å². The van der Waals surface area contributed by atoms with Crippen molar-refractivity contribution >= 4 is 46.0 Å². The van der Waals surface area contributed by atoms with Crippen LogP contribution in [0.5, 0.6) is 0 Å². The van der Waals surface area contributed by atoms with E-state index in [1.165, 1.54) is 29.9 Å². The number of fused-ring (bicyclic) bond motifs is 1. The van der Waals surface area contributed by atoms with Crippen molar-refractivity contribution in [1.82, 2.24) is 29.4 Å². The van der Waals surface area contributed by atoms with E-state index in [1.807, 2.05) is 12.1 Å². The molecule has 1 amide bonds. The first-order valence-corrected chi connectivity index (χ1v) is 14.5. The molecular formula is C32H31ClN8O2. The van der Waals surface area contributed by atoms with Gasteiger partial charge in [-0.3, -0.25) is 14.2 Å². The fourth-order valence-corrected chi connectivity index (χ4v) is 5.65. The molecule has 5 aromatic rings. The lowest BCUT2D eigenvalue weighted by atomic mass is 9.89. The fraction of sp³-hybridized carbons (Fsp3) is 0.250. The first-order valence-electron chi connectivity index (χ1n) is 14.1. The van der Waals surface area contributed by atoms with Gasteiger partial charge in [-0.15, -0.1) is 0 Å². The number of rotatable bonds is 6. The molecule has 0 saturated carbocycles. The predicted octanol–water partition coefficient (Wildman–Crippen LogP) is 5.62. The number of aromatic nitrogens is 5. The van der Waals surface area contributed by atoms with E-state index in [0.29, 0.717) is 56.3 Å². The van der Waals surface area contributed by atoms with Crippen molar-refractivity contribution in [2.75, 3.05) is 30.8 Å². The Labute approximate surface area is 253 Å². The molecule has 0 aliphatic carbocycles. The molecule has 1 aliphatic heterocycles. The molecular weight excluding hydrogens is 564 g/mol. The number of hydrogen-bond donors (Lipinski definition) is 2. The number of piperidine rings is 1. The molecule has 1 saturated heterocycles. The highest BCUT2D eigenvalue weighted by Gasteiger charge is 2.19. The summed E-state index contributed by atoms with van der Waals surface area (Å²) in [6.07, 6.45) is 5.59. The average Bonchev–Trinajstić information content (AvgIpc) is 3.00. The van der Waals surface area contributed by atoms with Gasteiger partial charge >= 0.3 is 0 Å². The van der Waals surface area contributed by atoms with Crippen LogP contribution < -0.4 is 16.2 Å². The summed E-state index contributed by atoms with van der Waals surface area (Å²) in [4.78, 5) is 45.3. The summed E-state index contributed by atoms with van der Waals surface area (Å²) in [5.74, 6) is 1.52. The molecule has 4 heterocycles. The van der Waals surface area contributed by atoms with Crippen molar-refractivity contribution < 1.29 is 4.79 Å². The molecule has 10 nitrogen and oxygen atoms in total. The number of likely N-dealkylation sites (tertiary alicyclic amines) is 1. The number of halogens is 1. The third-order valence-electron chi connectivity index (χ3n) is 7.78. The minimum Gasteiger partial charge on any atom is -0.324 e. The summed E-state index contributed by atoms with van der Waals surface area (Å²) in [6, 6.07) is 17.0. The second kappa shape index (κ2) is 11.9. The van der Waals surface area contributed by atoms with Gasteiger partial charge in [0.2, 0.25) is 11.9 Å². The molecule has 0 spiro atoms. The number of nitrogens with one attached hydrogen (secondary N) is 2. The number of anilines is 3. The third-order valence-corrected chi connectivity index (χ3v) is 8.11. The topological polar surface area (TPSA) is 118 Å². The quantitative estimate of drug-likeness (QED) is 0.260. The van der Waals surface area contributed by atoms with E-state index < -0.39 is 0 Å². The van der Waals surface area contributed by atoms with E-state index in [0.717, 1.165) is 18.8 Å². The second-order valence-corrected chi connectivity index (χ2v) is 11.3. The summed E-state index contributed by atoms with van der Waals surface area (Å²) in [5.41, 5.74) is 4.04. The zero-order valence-electron chi connectivity index (χ0n) is 24.1. The molecule has 0 unspecified atom stereocenters. The van der Waals surface area contributed by atoms with Crippen LogP contribution in [0.15, 0.2) is 71.8 Å². The Balaban J connectivity index is 1.28. The summed E-state index contributed by atoms with van der Waals surface area (Å²) in [5, 5.41) is 7.02. The highest BCUT2D eigenvalue weighted by Crippen LogP contribution is 2.32. The van der Waals surface area contributed by atoms with E-state index in [-0.39, 0.29) is 11.5 Å². The molecule has 0 atom stereocenters. The van der Waals surface area contributed by atoms with Crippen molar-refractivity contribution in [3.8, 4) is 22.5 Å². The van der Waals surface area contributed by atoms with Gasteiger partial charge in [0, 0.05) is 59.2 Å². The van der Waals surface area contributed by atoms with Gasteiger partial charge in [-0.2, -0.15) is 4.98 Å². The minimum absolute atomic E-state index is 0.234. The Hall–Kier alpha value is -4.67. The standard InChI is InChI=1S/C32H31ClN8O2/c1-19(42)36-28-10-13-34-29(38-28)22-6-9-27(33)25(16-22)26-17-23-18-35-32(39-30(23)41(3)31(26)43)37-24-7-4-20(5-8-24)21-11-14-40(2)15-12-21/h4-10,13,16-18,21H,11-12,14-15H2,1-3H3,(H,35,37,39)(H,34,36,38,42). The number of hydrogen-bond acceptors (Lipinski definition) is 8. The Morgan fingerprint density at radius 2 is 1.72 bits per heavy atom. The number of carbonyl (C=O) groups excluding carboxylic acids is 1. The van der Waals surface area contributed by atoms with Crippen LogP contribution in [0.1, 0.15) is 31.2 Å². The maximum atomic E-state index is 13.6. The van der Waals surface area contributed by atoms with Gasteiger partial charge in [0.05, 0.1) is 0 Å². The lowest BCUT2D eigenvalue weighted by Gasteiger charge is -2.29. The van der Waals surface area contributed by atoms with E-state index in [2.05, 4.69) is 54.6 Å². The number of pyridine rings is 1. The third kappa shape index (κ3) is 6.11. The summed E-state index contributed by atoms with van der Waals surface area (Å²) < 4.78 is 1.50. The number of amides is 1. The SMILES string of the molecule is CC(=O)Nc1ccnc(-c2ccc(Cl)c(-c3cc4cnc(Nc5ccc(C6CCN(C)CC6)cc5)nc4n(C)c3=O)c2)n1. The van der Waals surface area contributed by atoms with Gasteiger partial charge in [-0.25, -0.2) is 15.0 Å². The van der Waals surface area contributed by atoms with E-state index in [9.17, 15) is 9.59 Å². The molecule has 6 rings (SSSR count). The van der Waals surface area contributed by atoms with Crippen molar-refractivity contribution in [3.05, 3.63) is 87.9 Å². The molecule has 11 heteroatoms. The molecule has 3 aromatic heterocycles. The van der Waals surface area contributed by atoms with Crippen molar-refractivity contribution in [2.24, 2.45) is 7.05 Å². The van der Waals surface area contributed by atoms with Crippen LogP contribution in [-0.2, 0) is 11.8 Å². The van der Waals surface area contributed by atoms with E-state index in [1.54, 1.807) is 49.8 Å². The van der Waals surface area contributed by atoms with Crippen LogP contribution in [-0.4, -0.2) is 55.4 Å². The van der Waals surface area contributed by atoms with Gasteiger partial charge in [-0.1, -0.05) is 23.7 Å². The monoisotopic (exact) mass is 594 g/mol. The Bertz CT molecular complexity index is 1880. The summed E-state index contributed by atoms with van der Waals surface area (Å²) in [6.45, 7) is 3.65. The molecule has 0 radical (unpaired) electrons. The van der Waals surface area contributed by atoms with Crippen LogP contribution in [0.25, 0.3) is 33.5 Å². The molecule has 0 bridgehead atoms. The Morgan fingerprint density at radius 3 is 2.47 bits per heavy atom. The van der Waals surface area contributed by atoms with Crippen molar-refractivity contribution in [3.63, 3.8) is 0 Å². The van der Waals surface area contributed by atoms with Gasteiger partial charge < -0.3 is 15.5 Å². The van der Waals surface area contributed by atoms with Crippen LogP contribution in [0.3, 0.4) is 0 Å². The van der Waals surface area contributed by atoms with Gasteiger partial charge in [0.25, 0.3) is 5.56 Å². The zero-order valence-corrected chi connectivity index (χ0v) is 24.9. The maximum Gasteiger partial charge on any atom is 0.259 e. The number of aryl methyl sites for hydroxylation is 1. The van der Waals surface area contributed by atoms with Crippen LogP contribution >= 0.6 is 11.6 Å². The van der Waals surface area contributed by atoms with Gasteiger partial charge in [0.1, 0.15) is 11.5 Å². The molecule has 1 aliphatic rings.